The second kappa shape index (κ2) is 8.45. The topological polar surface area (TPSA) is 60.3 Å². The van der Waals surface area contributed by atoms with Crippen LogP contribution in [-0.4, -0.2) is 31.7 Å². The van der Waals surface area contributed by atoms with Crippen molar-refractivity contribution in [1.29, 1.82) is 0 Å². The Morgan fingerprint density at radius 2 is 1.83 bits per heavy atom. The zero-order valence-corrected chi connectivity index (χ0v) is 14.6. The summed E-state index contributed by atoms with van der Waals surface area (Å²) in [6.45, 7) is 4.79. The van der Waals surface area contributed by atoms with Crippen LogP contribution in [0.2, 0.25) is 5.02 Å². The fourth-order valence-electron chi connectivity index (χ4n) is 2.13. The Balaban J connectivity index is 1.97. The summed E-state index contributed by atoms with van der Waals surface area (Å²) in [4.78, 5) is 0. The maximum atomic E-state index is 8.60. The molecule has 0 aliphatic carbocycles. The molecule has 0 saturated heterocycles. The minimum atomic E-state index is 0.316. The van der Waals surface area contributed by atoms with Crippen LogP contribution in [0.15, 0.2) is 35.5 Å². The summed E-state index contributed by atoms with van der Waals surface area (Å²) in [5.41, 5.74) is 3.01. The number of hydrogen-bond donors (Lipinski definition) is 1. The molecule has 128 valence electrons. The van der Waals surface area contributed by atoms with Crippen LogP contribution in [0.1, 0.15) is 16.7 Å². The van der Waals surface area contributed by atoms with E-state index in [4.69, 9.17) is 31.0 Å². The van der Waals surface area contributed by atoms with Crippen LogP contribution >= 0.6 is 11.6 Å². The lowest BCUT2D eigenvalue weighted by Gasteiger charge is -2.14. The molecule has 1 N–H and O–H groups in total. The fourth-order valence-corrected chi connectivity index (χ4v) is 2.40. The Hall–Kier alpha value is -2.40. The van der Waals surface area contributed by atoms with E-state index in [2.05, 4.69) is 12.1 Å². The van der Waals surface area contributed by atoms with Crippen LogP contribution in [0.4, 0.5) is 0 Å². The van der Waals surface area contributed by atoms with Gasteiger partial charge >= 0.3 is 0 Å². The average molecular weight is 350 g/mol. The summed E-state index contributed by atoms with van der Waals surface area (Å²) in [6.07, 6.45) is 1.26. The third-order valence-electron chi connectivity index (χ3n) is 3.54. The Labute approximate surface area is 146 Å². The maximum absolute atomic E-state index is 8.60. The highest BCUT2D eigenvalue weighted by Crippen LogP contribution is 2.36. The first-order valence-corrected chi connectivity index (χ1v) is 7.80. The highest BCUT2D eigenvalue weighted by molar-refractivity contribution is 6.32. The summed E-state index contributed by atoms with van der Waals surface area (Å²) < 4.78 is 16.6. The van der Waals surface area contributed by atoms with Gasteiger partial charge in [0.2, 0.25) is 0 Å². The largest absolute Gasteiger partial charge is 0.493 e. The third-order valence-corrected chi connectivity index (χ3v) is 3.82. The van der Waals surface area contributed by atoms with E-state index in [9.17, 15) is 0 Å². The molecule has 0 atom stereocenters. The van der Waals surface area contributed by atoms with E-state index in [-0.39, 0.29) is 0 Å². The number of ether oxygens (including phenoxy) is 3. The lowest BCUT2D eigenvalue weighted by molar-refractivity contribution is 0.211. The van der Waals surface area contributed by atoms with Crippen molar-refractivity contribution < 1.29 is 19.4 Å². The molecule has 2 rings (SSSR count). The quantitative estimate of drug-likeness (QED) is 0.351. The Morgan fingerprint density at radius 3 is 2.50 bits per heavy atom. The van der Waals surface area contributed by atoms with Gasteiger partial charge in [0.15, 0.2) is 11.5 Å². The second-order valence-electron chi connectivity index (χ2n) is 5.22. The molecule has 0 bridgehead atoms. The highest BCUT2D eigenvalue weighted by Gasteiger charge is 2.11. The zero-order valence-electron chi connectivity index (χ0n) is 13.9. The van der Waals surface area contributed by atoms with Crippen molar-refractivity contribution in [2.45, 2.75) is 13.8 Å². The van der Waals surface area contributed by atoms with E-state index in [1.54, 1.807) is 12.1 Å². The molecule has 0 unspecified atom stereocenters. The van der Waals surface area contributed by atoms with E-state index < -0.39 is 0 Å². The molecule has 0 heterocycles. The second-order valence-corrected chi connectivity index (χ2v) is 5.63. The van der Waals surface area contributed by atoms with Gasteiger partial charge in [-0.15, -0.1) is 0 Å². The lowest BCUT2D eigenvalue weighted by Crippen LogP contribution is -2.10. The van der Waals surface area contributed by atoms with Gasteiger partial charge in [-0.1, -0.05) is 22.8 Å². The first-order valence-electron chi connectivity index (χ1n) is 7.43. The zero-order chi connectivity index (χ0) is 17.5. The highest BCUT2D eigenvalue weighted by atomic mass is 35.5. The molecule has 0 fully saturated rings. The van der Waals surface area contributed by atoms with Crippen molar-refractivity contribution in [3.8, 4) is 17.2 Å². The first-order chi connectivity index (χ1) is 11.5. The molecule has 5 nitrogen and oxygen atoms in total. The van der Waals surface area contributed by atoms with Crippen LogP contribution < -0.4 is 14.2 Å². The van der Waals surface area contributed by atoms with E-state index in [1.165, 1.54) is 24.5 Å². The molecular formula is C18H20ClNO4. The molecule has 0 aromatic heterocycles. The molecule has 0 aliphatic rings. The number of halogens is 1. The van der Waals surface area contributed by atoms with Crippen LogP contribution in [0, 0.1) is 13.8 Å². The van der Waals surface area contributed by atoms with Gasteiger partial charge < -0.3 is 19.4 Å². The number of oxime groups is 1. The van der Waals surface area contributed by atoms with Gasteiger partial charge in [-0.3, -0.25) is 0 Å². The van der Waals surface area contributed by atoms with Crippen molar-refractivity contribution in [3.05, 3.63) is 52.0 Å². The van der Waals surface area contributed by atoms with Crippen LogP contribution in [0.25, 0.3) is 0 Å². The monoisotopic (exact) mass is 349 g/mol. The van der Waals surface area contributed by atoms with Gasteiger partial charge in [0.05, 0.1) is 18.3 Å². The Morgan fingerprint density at radius 1 is 1.08 bits per heavy atom. The average Bonchev–Trinajstić information content (AvgIpc) is 2.56. The number of aryl methyl sites for hydroxylation is 2. The van der Waals surface area contributed by atoms with Gasteiger partial charge in [0.25, 0.3) is 0 Å². The predicted octanol–water partition coefficient (Wildman–Crippen LogP) is 4.23. The smallest absolute Gasteiger partial charge is 0.179 e. The summed E-state index contributed by atoms with van der Waals surface area (Å²) in [5, 5.41) is 11.9. The minimum absolute atomic E-state index is 0.316. The number of methoxy groups -OCH3 is 1. The normalized spacial score (nSPS) is 10.8. The Bertz CT molecular complexity index is 731. The minimum Gasteiger partial charge on any atom is -0.493 e. The molecule has 0 aliphatic heterocycles. The van der Waals surface area contributed by atoms with E-state index in [0.717, 1.165) is 5.75 Å². The summed E-state index contributed by atoms with van der Waals surface area (Å²) in [6, 6.07) is 9.24. The van der Waals surface area contributed by atoms with Crippen molar-refractivity contribution in [2.24, 2.45) is 5.16 Å². The van der Waals surface area contributed by atoms with Gasteiger partial charge in [0.1, 0.15) is 19.0 Å². The summed E-state index contributed by atoms with van der Waals surface area (Å²) >= 11 is 6.19. The summed E-state index contributed by atoms with van der Waals surface area (Å²) in [5.74, 6) is 1.69. The third kappa shape index (κ3) is 4.55. The van der Waals surface area contributed by atoms with Gasteiger partial charge in [-0.25, -0.2) is 0 Å². The van der Waals surface area contributed by atoms with Crippen molar-refractivity contribution >= 4 is 17.8 Å². The molecule has 0 amide bonds. The van der Waals surface area contributed by atoms with Crippen LogP contribution in [0.5, 0.6) is 17.2 Å². The molecule has 24 heavy (non-hydrogen) atoms. The standard InChI is InChI=1S/C18H20ClNO4/c1-12-4-5-15(8-13(12)2)23-6-7-24-18-16(19)9-14(11-20-21)10-17(18)22-3/h4-5,8-11,21H,6-7H2,1-3H3. The Kier molecular flexibility index (Phi) is 6.32. The number of hydrogen-bond acceptors (Lipinski definition) is 5. The van der Waals surface area contributed by atoms with Crippen molar-refractivity contribution in [3.63, 3.8) is 0 Å². The van der Waals surface area contributed by atoms with E-state index >= 15 is 0 Å². The van der Waals surface area contributed by atoms with Crippen molar-refractivity contribution in [1.82, 2.24) is 0 Å². The summed E-state index contributed by atoms with van der Waals surface area (Å²) in [7, 11) is 1.52. The van der Waals surface area contributed by atoms with Gasteiger partial charge in [0, 0.05) is 5.56 Å². The molecule has 0 radical (unpaired) electrons. The van der Waals surface area contributed by atoms with Gasteiger partial charge in [-0.2, -0.15) is 0 Å². The predicted molar refractivity (Wildman–Crippen MR) is 94.3 cm³/mol. The van der Waals surface area contributed by atoms with Gasteiger partial charge in [-0.05, 0) is 49.2 Å². The lowest BCUT2D eigenvalue weighted by atomic mass is 10.1. The van der Waals surface area contributed by atoms with Crippen LogP contribution in [-0.2, 0) is 0 Å². The number of nitrogens with zero attached hydrogens (tertiary/aromatic N) is 1. The fraction of sp³-hybridized carbons (Fsp3) is 0.278. The maximum Gasteiger partial charge on any atom is 0.179 e. The number of rotatable bonds is 7. The van der Waals surface area contributed by atoms with Crippen molar-refractivity contribution in [2.75, 3.05) is 20.3 Å². The molecule has 0 spiro atoms. The molecule has 2 aromatic rings. The first kappa shape index (κ1) is 17.9. The SMILES string of the molecule is COc1cc(C=NO)cc(Cl)c1OCCOc1ccc(C)c(C)c1. The molecule has 2 aromatic carbocycles. The molecule has 0 saturated carbocycles. The van der Waals surface area contributed by atoms with Crippen LogP contribution in [0.3, 0.4) is 0 Å². The number of benzene rings is 2. The molecular weight excluding hydrogens is 330 g/mol. The molecule has 6 heteroatoms. The van der Waals surface area contributed by atoms with E-state index in [1.807, 2.05) is 25.1 Å². The van der Waals surface area contributed by atoms with E-state index in [0.29, 0.717) is 35.3 Å².